The van der Waals surface area contributed by atoms with Crippen molar-refractivity contribution in [1.29, 1.82) is 0 Å². The molecule has 0 radical (unpaired) electrons. The largest absolute Gasteiger partial charge is 0.416 e. The molecule has 1 fully saturated rings. The lowest BCUT2D eigenvalue weighted by Gasteiger charge is -2.36. The van der Waals surface area contributed by atoms with Gasteiger partial charge < -0.3 is 5.32 Å². The summed E-state index contributed by atoms with van der Waals surface area (Å²) in [6.45, 7) is 7.75. The lowest BCUT2D eigenvalue weighted by atomic mass is 9.92. The topological polar surface area (TPSA) is 15.3 Å². The Morgan fingerprint density at radius 3 is 2.07 bits per heavy atom. The molecular weight excluding hydrogens is 417 g/mol. The minimum absolute atomic E-state index is 0. The lowest BCUT2D eigenvalue weighted by molar-refractivity contribution is -0.143. The van der Waals surface area contributed by atoms with Crippen LogP contribution in [0.1, 0.15) is 36.1 Å². The zero-order chi connectivity index (χ0) is 18.8. The van der Waals surface area contributed by atoms with Crippen LogP contribution in [-0.4, -0.2) is 31.1 Å². The van der Waals surface area contributed by atoms with E-state index < -0.39 is 29.5 Å². The molecule has 0 aromatic heterocycles. The third-order valence-electron chi connectivity index (χ3n) is 4.18. The van der Waals surface area contributed by atoms with Crippen molar-refractivity contribution in [2.24, 2.45) is 0 Å². The fourth-order valence-electron chi connectivity index (χ4n) is 3.03. The highest BCUT2D eigenvalue weighted by Crippen LogP contribution is 2.41. The molecule has 0 spiro atoms. The SMILES string of the molecule is C=C(C)C[C@H](c1ccc(C(F)(F)F)cc1C(F)(F)F)N1CCNCC1.Cl.Cl. The molecule has 2 nitrogen and oxygen atoms in total. The van der Waals surface area contributed by atoms with Crippen molar-refractivity contribution in [3.05, 3.63) is 47.0 Å². The maximum atomic E-state index is 13.5. The van der Waals surface area contributed by atoms with Crippen LogP contribution in [0.4, 0.5) is 26.3 Å². The third-order valence-corrected chi connectivity index (χ3v) is 4.18. The van der Waals surface area contributed by atoms with Gasteiger partial charge >= 0.3 is 12.4 Å². The Morgan fingerprint density at radius 2 is 1.63 bits per heavy atom. The van der Waals surface area contributed by atoms with Gasteiger partial charge in [-0.1, -0.05) is 11.6 Å². The van der Waals surface area contributed by atoms with E-state index in [1.807, 2.05) is 4.90 Å². The molecule has 1 aliphatic rings. The molecule has 0 saturated carbocycles. The van der Waals surface area contributed by atoms with E-state index in [0.717, 1.165) is 12.1 Å². The quantitative estimate of drug-likeness (QED) is 0.494. The molecule has 1 aliphatic heterocycles. The second-order valence-electron chi connectivity index (χ2n) is 6.26. The van der Waals surface area contributed by atoms with Crippen molar-refractivity contribution in [2.45, 2.75) is 31.7 Å². The van der Waals surface area contributed by atoms with Gasteiger partial charge in [-0.05, 0) is 31.0 Å². The summed E-state index contributed by atoms with van der Waals surface area (Å²) in [7, 11) is 0. The molecule has 0 unspecified atom stereocenters. The van der Waals surface area contributed by atoms with Crippen LogP contribution in [-0.2, 0) is 12.4 Å². The predicted octanol–water partition coefficient (Wildman–Crippen LogP) is 5.48. The number of benzene rings is 1. The van der Waals surface area contributed by atoms with E-state index >= 15 is 0 Å². The van der Waals surface area contributed by atoms with E-state index in [2.05, 4.69) is 11.9 Å². The minimum Gasteiger partial charge on any atom is -0.314 e. The van der Waals surface area contributed by atoms with Gasteiger partial charge in [-0.15, -0.1) is 31.4 Å². The Kier molecular flexibility index (Phi) is 9.64. The molecule has 156 valence electrons. The van der Waals surface area contributed by atoms with Crippen LogP contribution in [0.3, 0.4) is 0 Å². The van der Waals surface area contributed by atoms with Crippen LogP contribution in [0.2, 0.25) is 0 Å². The summed E-state index contributed by atoms with van der Waals surface area (Å²) in [6.07, 6.45) is -9.43. The molecular formula is C17H22Cl2F6N2. The highest BCUT2D eigenvalue weighted by Gasteiger charge is 2.40. The van der Waals surface area contributed by atoms with Crippen LogP contribution < -0.4 is 5.32 Å². The number of alkyl halides is 6. The smallest absolute Gasteiger partial charge is 0.314 e. The van der Waals surface area contributed by atoms with Gasteiger partial charge in [0.25, 0.3) is 0 Å². The molecule has 1 heterocycles. The van der Waals surface area contributed by atoms with E-state index in [9.17, 15) is 26.3 Å². The first kappa shape index (κ1) is 26.0. The first-order chi connectivity index (χ1) is 11.5. The highest BCUT2D eigenvalue weighted by atomic mass is 35.5. The molecule has 10 heteroatoms. The second kappa shape index (κ2) is 10.0. The van der Waals surface area contributed by atoms with Crippen molar-refractivity contribution in [3.63, 3.8) is 0 Å². The zero-order valence-electron chi connectivity index (χ0n) is 14.6. The molecule has 0 aliphatic carbocycles. The third kappa shape index (κ3) is 6.85. The summed E-state index contributed by atoms with van der Waals surface area (Å²) in [5.74, 6) is 0. The van der Waals surface area contributed by atoms with Gasteiger partial charge in [-0.2, -0.15) is 26.3 Å². The summed E-state index contributed by atoms with van der Waals surface area (Å²) >= 11 is 0. The Morgan fingerprint density at radius 1 is 1.07 bits per heavy atom. The van der Waals surface area contributed by atoms with E-state index in [0.29, 0.717) is 31.8 Å². The normalized spacial score (nSPS) is 16.9. The summed E-state index contributed by atoms with van der Waals surface area (Å²) in [4.78, 5) is 1.86. The monoisotopic (exact) mass is 438 g/mol. The van der Waals surface area contributed by atoms with Crippen molar-refractivity contribution in [1.82, 2.24) is 10.2 Å². The van der Waals surface area contributed by atoms with Crippen molar-refractivity contribution >= 4 is 24.8 Å². The summed E-state index contributed by atoms with van der Waals surface area (Å²) in [5, 5.41) is 3.11. The summed E-state index contributed by atoms with van der Waals surface area (Å²) < 4.78 is 78.9. The molecule has 1 saturated heterocycles. The predicted molar refractivity (Wildman–Crippen MR) is 97.6 cm³/mol. The van der Waals surface area contributed by atoms with E-state index in [1.165, 1.54) is 0 Å². The second-order valence-corrected chi connectivity index (χ2v) is 6.26. The fraction of sp³-hybridized carbons (Fsp3) is 0.529. The Hall–Kier alpha value is -0.960. The Balaban J connectivity index is 0.00000338. The van der Waals surface area contributed by atoms with E-state index in [4.69, 9.17) is 0 Å². The highest BCUT2D eigenvalue weighted by molar-refractivity contribution is 5.85. The van der Waals surface area contributed by atoms with Crippen LogP contribution in [0.5, 0.6) is 0 Å². The first-order valence-electron chi connectivity index (χ1n) is 7.87. The first-order valence-corrected chi connectivity index (χ1v) is 7.87. The number of nitrogens with one attached hydrogen (secondary N) is 1. The number of halogens is 8. The number of rotatable bonds is 4. The van der Waals surface area contributed by atoms with Crippen LogP contribution in [0, 0.1) is 0 Å². The van der Waals surface area contributed by atoms with Gasteiger partial charge in [0.15, 0.2) is 0 Å². The number of hydrogen-bond acceptors (Lipinski definition) is 2. The van der Waals surface area contributed by atoms with Crippen molar-refractivity contribution < 1.29 is 26.3 Å². The lowest BCUT2D eigenvalue weighted by Crippen LogP contribution is -2.45. The van der Waals surface area contributed by atoms with Gasteiger partial charge in [0, 0.05) is 32.2 Å². The molecule has 1 aromatic rings. The number of piperazine rings is 1. The average molecular weight is 439 g/mol. The Bertz CT molecular complexity index is 625. The maximum Gasteiger partial charge on any atom is 0.416 e. The maximum absolute atomic E-state index is 13.5. The van der Waals surface area contributed by atoms with E-state index in [1.54, 1.807) is 6.92 Å². The van der Waals surface area contributed by atoms with Crippen molar-refractivity contribution in [2.75, 3.05) is 26.2 Å². The van der Waals surface area contributed by atoms with Crippen LogP contribution in [0.25, 0.3) is 0 Å². The molecule has 1 N–H and O–H groups in total. The van der Waals surface area contributed by atoms with E-state index in [-0.39, 0.29) is 42.9 Å². The molecule has 27 heavy (non-hydrogen) atoms. The number of nitrogens with zero attached hydrogens (tertiary/aromatic N) is 1. The molecule has 0 bridgehead atoms. The average Bonchev–Trinajstić information content (AvgIpc) is 2.51. The van der Waals surface area contributed by atoms with Crippen molar-refractivity contribution in [3.8, 4) is 0 Å². The Labute approximate surface area is 166 Å². The fourth-order valence-corrected chi connectivity index (χ4v) is 3.03. The van der Waals surface area contributed by atoms with Crippen LogP contribution >= 0.6 is 24.8 Å². The molecule has 0 amide bonds. The minimum atomic E-state index is -4.86. The summed E-state index contributed by atoms with van der Waals surface area (Å²) in [5.41, 5.74) is -1.98. The van der Waals surface area contributed by atoms with Gasteiger partial charge in [0.2, 0.25) is 0 Å². The standard InChI is InChI=1S/C17H20F6N2.2ClH/c1-11(2)9-15(25-7-5-24-6-8-25)13-4-3-12(16(18,19)20)10-14(13)17(21,22)23;;/h3-4,10,15,24H,1,5-9H2,2H3;2*1H/t15-;;/m1../s1. The summed E-state index contributed by atoms with van der Waals surface area (Å²) in [6, 6.07) is 1.24. The van der Waals surface area contributed by atoms with Gasteiger partial charge in [-0.3, -0.25) is 4.90 Å². The molecule has 1 aromatic carbocycles. The van der Waals surface area contributed by atoms with Gasteiger partial charge in [0.05, 0.1) is 11.1 Å². The van der Waals surface area contributed by atoms with Gasteiger partial charge in [-0.25, -0.2) is 0 Å². The van der Waals surface area contributed by atoms with Crippen LogP contribution in [0.15, 0.2) is 30.4 Å². The van der Waals surface area contributed by atoms with Gasteiger partial charge in [0.1, 0.15) is 0 Å². The zero-order valence-corrected chi connectivity index (χ0v) is 16.2. The number of hydrogen-bond donors (Lipinski definition) is 1. The molecule has 1 atom stereocenters. The molecule has 2 rings (SSSR count).